The number of aromatic nitrogens is 2. The smallest absolute Gasteiger partial charge is 0.306 e. The van der Waals surface area contributed by atoms with Gasteiger partial charge in [-0.3, -0.25) is 4.79 Å². The number of imidazole rings is 1. The first-order chi connectivity index (χ1) is 14.6. The number of hydrogen-bond donors (Lipinski definition) is 0. The average molecular weight is 412 g/mol. The van der Waals surface area contributed by atoms with E-state index in [9.17, 15) is 4.79 Å². The maximum Gasteiger partial charge on any atom is 0.306 e. The number of para-hydroxylation sites is 2. The van der Waals surface area contributed by atoms with E-state index in [0.717, 1.165) is 35.4 Å². The van der Waals surface area contributed by atoms with Crippen LogP contribution in [0.5, 0.6) is 17.2 Å². The topological polar surface area (TPSA) is 71.8 Å². The molecule has 0 radical (unpaired) electrons. The van der Waals surface area contributed by atoms with E-state index in [0.29, 0.717) is 30.3 Å². The molecule has 3 aromatic rings. The van der Waals surface area contributed by atoms with E-state index < -0.39 is 0 Å². The zero-order valence-electron chi connectivity index (χ0n) is 17.9. The van der Waals surface area contributed by atoms with Crippen LogP contribution in [0, 0.1) is 6.92 Å². The van der Waals surface area contributed by atoms with Crippen LogP contribution in [0.15, 0.2) is 36.4 Å². The van der Waals surface area contributed by atoms with Gasteiger partial charge in [-0.15, -0.1) is 0 Å². The van der Waals surface area contributed by atoms with Gasteiger partial charge < -0.3 is 23.5 Å². The van der Waals surface area contributed by atoms with E-state index in [1.807, 2.05) is 37.3 Å². The number of benzene rings is 2. The first-order valence-electron chi connectivity index (χ1n) is 9.93. The third-order valence-corrected chi connectivity index (χ3v) is 4.98. The van der Waals surface area contributed by atoms with Crippen molar-refractivity contribution in [3.63, 3.8) is 0 Å². The molecule has 1 aromatic heterocycles. The molecule has 7 nitrogen and oxygen atoms in total. The van der Waals surface area contributed by atoms with Crippen molar-refractivity contribution in [1.29, 1.82) is 0 Å². The van der Waals surface area contributed by atoms with Crippen LogP contribution in [0.4, 0.5) is 0 Å². The Bertz CT molecular complexity index is 987. The van der Waals surface area contributed by atoms with Gasteiger partial charge in [0.15, 0.2) is 11.5 Å². The lowest BCUT2D eigenvalue weighted by atomic mass is 10.1. The molecule has 0 bridgehead atoms. The second-order valence-electron chi connectivity index (χ2n) is 6.91. The lowest BCUT2D eigenvalue weighted by Crippen LogP contribution is -2.10. The van der Waals surface area contributed by atoms with Crippen molar-refractivity contribution in [2.75, 3.05) is 27.9 Å². The molecule has 1 heterocycles. The van der Waals surface area contributed by atoms with Crippen LogP contribution in [-0.2, 0) is 22.5 Å². The number of esters is 1. The lowest BCUT2D eigenvalue weighted by molar-refractivity contribution is -0.143. The molecule has 0 aliphatic rings. The van der Waals surface area contributed by atoms with Crippen LogP contribution in [0.3, 0.4) is 0 Å². The number of ether oxygens (including phenoxy) is 4. The standard InChI is InChI=1S/C23H28N2O5/c1-16-24-18-8-5-6-9-19(18)25(16)12-7-13-30-22(26)11-10-17-14-20(27-2)23(29-4)21(15-17)28-3/h5-6,8-9,14-15H,7,10-13H2,1-4H3. The fourth-order valence-electron chi connectivity index (χ4n) is 3.49. The molecular formula is C23H28N2O5. The Hall–Kier alpha value is -3.22. The van der Waals surface area contributed by atoms with Gasteiger partial charge in [-0.05, 0) is 49.6 Å². The Labute approximate surface area is 176 Å². The first-order valence-corrected chi connectivity index (χ1v) is 9.93. The summed E-state index contributed by atoms with van der Waals surface area (Å²) in [5, 5.41) is 0. The van der Waals surface area contributed by atoms with Gasteiger partial charge in [0.2, 0.25) is 5.75 Å². The van der Waals surface area contributed by atoms with Gasteiger partial charge in [0, 0.05) is 13.0 Å². The summed E-state index contributed by atoms with van der Waals surface area (Å²) in [5.41, 5.74) is 3.00. The zero-order chi connectivity index (χ0) is 21.5. The molecule has 0 amide bonds. The highest BCUT2D eigenvalue weighted by Crippen LogP contribution is 2.38. The molecule has 0 saturated carbocycles. The fourth-order valence-corrected chi connectivity index (χ4v) is 3.49. The molecular weight excluding hydrogens is 384 g/mol. The van der Waals surface area contributed by atoms with Crippen LogP contribution >= 0.6 is 0 Å². The monoisotopic (exact) mass is 412 g/mol. The molecule has 7 heteroatoms. The quantitative estimate of drug-likeness (QED) is 0.371. The first kappa shape index (κ1) is 21.5. The van der Waals surface area contributed by atoms with E-state index >= 15 is 0 Å². The highest BCUT2D eigenvalue weighted by Gasteiger charge is 2.14. The van der Waals surface area contributed by atoms with E-state index in [1.54, 1.807) is 21.3 Å². The van der Waals surface area contributed by atoms with Gasteiger partial charge in [0.05, 0.1) is 39.0 Å². The summed E-state index contributed by atoms with van der Waals surface area (Å²) in [6, 6.07) is 11.7. The second kappa shape index (κ2) is 10.0. The Balaban J connectivity index is 1.49. The minimum Gasteiger partial charge on any atom is -0.493 e. The largest absolute Gasteiger partial charge is 0.493 e. The summed E-state index contributed by atoms with van der Waals surface area (Å²) in [5.74, 6) is 2.42. The summed E-state index contributed by atoms with van der Waals surface area (Å²) in [6.45, 7) is 3.12. The van der Waals surface area contributed by atoms with E-state index in [2.05, 4.69) is 15.6 Å². The molecule has 0 aliphatic carbocycles. The zero-order valence-corrected chi connectivity index (χ0v) is 17.9. The average Bonchev–Trinajstić information content (AvgIpc) is 3.09. The third-order valence-electron chi connectivity index (χ3n) is 4.98. The van der Waals surface area contributed by atoms with Crippen LogP contribution in [0.1, 0.15) is 24.2 Å². The van der Waals surface area contributed by atoms with Gasteiger partial charge in [0.25, 0.3) is 0 Å². The SMILES string of the molecule is COc1cc(CCC(=O)OCCCn2c(C)nc3ccccc32)cc(OC)c1OC. The Morgan fingerprint density at radius 2 is 1.73 bits per heavy atom. The fraction of sp³-hybridized carbons (Fsp3) is 0.391. The van der Waals surface area contributed by atoms with E-state index in [4.69, 9.17) is 18.9 Å². The van der Waals surface area contributed by atoms with Crippen molar-refractivity contribution in [2.24, 2.45) is 0 Å². The minimum absolute atomic E-state index is 0.226. The number of nitrogens with zero attached hydrogens (tertiary/aromatic N) is 2. The lowest BCUT2D eigenvalue weighted by Gasteiger charge is -2.14. The molecule has 0 fully saturated rings. The van der Waals surface area contributed by atoms with Crippen molar-refractivity contribution >= 4 is 17.0 Å². The van der Waals surface area contributed by atoms with Gasteiger partial charge >= 0.3 is 5.97 Å². The van der Waals surface area contributed by atoms with Crippen molar-refractivity contribution < 1.29 is 23.7 Å². The van der Waals surface area contributed by atoms with Crippen LogP contribution in [0.25, 0.3) is 11.0 Å². The molecule has 0 atom stereocenters. The van der Waals surface area contributed by atoms with Crippen molar-refractivity contribution in [1.82, 2.24) is 9.55 Å². The minimum atomic E-state index is -0.226. The molecule has 0 unspecified atom stereocenters. The molecule has 3 rings (SSSR count). The Morgan fingerprint density at radius 1 is 1.03 bits per heavy atom. The van der Waals surface area contributed by atoms with Gasteiger partial charge in [-0.1, -0.05) is 12.1 Å². The number of aryl methyl sites for hydroxylation is 3. The van der Waals surface area contributed by atoms with Crippen LogP contribution < -0.4 is 14.2 Å². The highest BCUT2D eigenvalue weighted by molar-refractivity contribution is 5.75. The molecule has 0 N–H and O–H groups in total. The summed E-state index contributed by atoms with van der Waals surface area (Å²) in [7, 11) is 4.70. The van der Waals surface area contributed by atoms with Crippen molar-refractivity contribution in [3.05, 3.63) is 47.8 Å². The third kappa shape index (κ3) is 4.84. The van der Waals surface area contributed by atoms with Crippen molar-refractivity contribution in [3.8, 4) is 17.2 Å². The van der Waals surface area contributed by atoms with E-state index in [-0.39, 0.29) is 12.4 Å². The number of rotatable bonds is 10. The van der Waals surface area contributed by atoms with E-state index in [1.165, 1.54) is 0 Å². The van der Waals surface area contributed by atoms with Gasteiger partial charge in [-0.2, -0.15) is 0 Å². The van der Waals surface area contributed by atoms with Crippen LogP contribution in [-0.4, -0.2) is 43.5 Å². The molecule has 0 spiro atoms. The number of hydrogen-bond acceptors (Lipinski definition) is 6. The summed E-state index contributed by atoms with van der Waals surface area (Å²) in [4.78, 5) is 16.7. The second-order valence-corrected chi connectivity index (χ2v) is 6.91. The molecule has 0 saturated heterocycles. The molecule has 30 heavy (non-hydrogen) atoms. The normalized spacial score (nSPS) is 10.8. The maximum atomic E-state index is 12.2. The summed E-state index contributed by atoms with van der Waals surface area (Å²) < 4.78 is 23.6. The number of carbonyl (C=O) groups is 1. The highest BCUT2D eigenvalue weighted by atomic mass is 16.5. The molecule has 2 aromatic carbocycles. The molecule has 0 aliphatic heterocycles. The predicted molar refractivity (Wildman–Crippen MR) is 114 cm³/mol. The van der Waals surface area contributed by atoms with Crippen molar-refractivity contribution in [2.45, 2.75) is 32.7 Å². The predicted octanol–water partition coefficient (Wildman–Crippen LogP) is 3.94. The summed E-state index contributed by atoms with van der Waals surface area (Å²) >= 11 is 0. The van der Waals surface area contributed by atoms with Gasteiger partial charge in [0.1, 0.15) is 5.82 Å². The van der Waals surface area contributed by atoms with Gasteiger partial charge in [-0.25, -0.2) is 4.98 Å². The molecule has 160 valence electrons. The Kier molecular flexibility index (Phi) is 7.17. The number of fused-ring (bicyclic) bond motifs is 1. The Morgan fingerprint density at radius 3 is 2.40 bits per heavy atom. The number of methoxy groups -OCH3 is 3. The summed E-state index contributed by atoms with van der Waals surface area (Å²) in [6.07, 6.45) is 1.55. The maximum absolute atomic E-state index is 12.2. The number of carbonyl (C=O) groups excluding carboxylic acids is 1. The van der Waals surface area contributed by atoms with Crippen LogP contribution in [0.2, 0.25) is 0 Å².